The Bertz CT molecular complexity index is 2140. The van der Waals surface area contributed by atoms with E-state index in [9.17, 15) is 24.4 Å². The second-order valence-corrected chi connectivity index (χ2v) is 17.6. The molecule has 58 heavy (non-hydrogen) atoms. The first-order valence-electron chi connectivity index (χ1n) is 20.5. The molecule has 1 spiro atoms. The lowest BCUT2D eigenvalue weighted by Gasteiger charge is -2.40. The molecule has 8 rings (SSSR count). The van der Waals surface area contributed by atoms with Gasteiger partial charge in [-0.2, -0.15) is 5.26 Å². The smallest absolute Gasteiger partial charge is 0.255 e. The van der Waals surface area contributed by atoms with Crippen molar-refractivity contribution in [1.82, 2.24) is 20.0 Å². The molecule has 3 aromatic carbocycles. The summed E-state index contributed by atoms with van der Waals surface area (Å²) < 4.78 is 16.4. The molecule has 3 fully saturated rings. The molecule has 304 valence electrons. The number of piperidine rings is 2. The third-order valence-electron chi connectivity index (χ3n) is 13.5. The number of nitrogens with zero attached hydrogens (tertiary/aromatic N) is 6. The molecule has 3 saturated heterocycles. The van der Waals surface area contributed by atoms with Crippen molar-refractivity contribution in [2.24, 2.45) is 5.41 Å². The zero-order valence-corrected chi connectivity index (χ0v) is 34.1. The quantitative estimate of drug-likeness (QED) is 0.244. The van der Waals surface area contributed by atoms with E-state index < -0.39 is 11.7 Å². The van der Waals surface area contributed by atoms with E-state index >= 15 is 4.39 Å². The summed E-state index contributed by atoms with van der Waals surface area (Å²) in [5.74, 6) is -0.576. The van der Waals surface area contributed by atoms with Gasteiger partial charge in [0.2, 0.25) is 5.91 Å². The lowest BCUT2D eigenvalue weighted by atomic mass is 9.76. The molecule has 3 amide bonds. The van der Waals surface area contributed by atoms with E-state index in [0.717, 1.165) is 73.2 Å². The van der Waals surface area contributed by atoms with Crippen molar-refractivity contribution in [2.45, 2.75) is 89.3 Å². The van der Waals surface area contributed by atoms with Crippen molar-refractivity contribution in [3.63, 3.8) is 0 Å². The van der Waals surface area contributed by atoms with E-state index in [1.54, 1.807) is 15.9 Å². The minimum absolute atomic E-state index is 0.0687. The monoisotopic (exact) mass is 807 g/mol. The molecule has 0 aromatic heterocycles. The highest BCUT2D eigenvalue weighted by Gasteiger charge is 2.45. The van der Waals surface area contributed by atoms with Crippen LogP contribution in [-0.4, -0.2) is 103 Å². The number of aldehydes is 1. The van der Waals surface area contributed by atoms with Crippen LogP contribution in [0.4, 0.5) is 15.8 Å². The van der Waals surface area contributed by atoms with E-state index in [1.807, 2.05) is 48.5 Å². The van der Waals surface area contributed by atoms with E-state index in [1.165, 1.54) is 7.05 Å². The topological polar surface area (TPSA) is 120 Å². The number of hydrogen-bond donors (Lipinski definition) is 1. The van der Waals surface area contributed by atoms with Crippen molar-refractivity contribution in [3.05, 3.63) is 93.0 Å². The number of likely N-dealkylation sites (tertiary alicyclic amines) is 1. The number of carbonyl (C=O) groups is 4. The highest BCUT2D eigenvalue weighted by Crippen LogP contribution is 2.46. The standard InChI is InChI=1S/C45H51ClFN7O4/c1-30-23-44(28-54(30)37-10-7-32(24-48)39(46)22-37)11-15-51(16-12-44)36-8-5-31(6-9-36)42(57)52-17-13-45(47,14-18-52)29-50-25-33-20-35-27-53(40(4-3-19-55)41(56)49-2)43(58)38(35)21-34(33)26-50/h5-10,19-22,30,40H,3-4,11-18,23,25-29H2,1-2H3,(H,49,56)/t30-,40?/m0/s1. The van der Waals surface area contributed by atoms with Gasteiger partial charge in [0.15, 0.2) is 0 Å². The van der Waals surface area contributed by atoms with Crippen LogP contribution in [0.1, 0.15) is 94.8 Å². The van der Waals surface area contributed by atoms with Gasteiger partial charge in [-0.25, -0.2) is 4.39 Å². The molecular formula is C45H51ClFN7O4. The van der Waals surface area contributed by atoms with Crippen LogP contribution in [0.5, 0.6) is 0 Å². The van der Waals surface area contributed by atoms with Crippen molar-refractivity contribution in [2.75, 3.05) is 56.1 Å². The molecule has 0 saturated carbocycles. The first kappa shape index (κ1) is 39.8. The molecule has 0 aliphatic carbocycles. The van der Waals surface area contributed by atoms with Gasteiger partial charge < -0.3 is 29.7 Å². The highest BCUT2D eigenvalue weighted by molar-refractivity contribution is 6.32. The maximum absolute atomic E-state index is 16.4. The van der Waals surface area contributed by atoms with Crippen LogP contribution in [0, 0.1) is 16.7 Å². The van der Waals surface area contributed by atoms with Gasteiger partial charge in [-0.1, -0.05) is 17.7 Å². The fourth-order valence-corrected chi connectivity index (χ4v) is 10.4. The van der Waals surface area contributed by atoms with Crippen molar-refractivity contribution in [3.8, 4) is 6.07 Å². The molecule has 1 N–H and O–H groups in total. The summed E-state index contributed by atoms with van der Waals surface area (Å²) in [6, 6.07) is 19.3. The Morgan fingerprint density at radius 3 is 2.31 bits per heavy atom. The lowest BCUT2D eigenvalue weighted by Crippen LogP contribution is -2.49. The van der Waals surface area contributed by atoms with Gasteiger partial charge in [-0.15, -0.1) is 0 Å². The number of nitrogens with one attached hydrogen (secondary N) is 1. The second-order valence-electron chi connectivity index (χ2n) is 17.2. The van der Waals surface area contributed by atoms with E-state index in [0.29, 0.717) is 60.5 Å². The molecular weight excluding hydrogens is 757 g/mol. The summed E-state index contributed by atoms with van der Waals surface area (Å²) in [5.41, 5.74) is 5.57. The number of likely N-dealkylation sites (N-methyl/N-ethyl adjacent to an activating group) is 1. The van der Waals surface area contributed by atoms with Gasteiger partial charge in [0.25, 0.3) is 11.8 Å². The third-order valence-corrected chi connectivity index (χ3v) is 13.8. The summed E-state index contributed by atoms with van der Waals surface area (Å²) in [6.45, 7) is 7.49. The molecule has 11 nitrogen and oxygen atoms in total. The molecule has 13 heteroatoms. The molecule has 3 aromatic rings. The zero-order valence-electron chi connectivity index (χ0n) is 33.3. The van der Waals surface area contributed by atoms with Crippen LogP contribution in [-0.2, 0) is 29.2 Å². The Labute approximate surface area is 344 Å². The molecule has 5 aliphatic heterocycles. The summed E-state index contributed by atoms with van der Waals surface area (Å²) in [7, 11) is 1.53. The molecule has 1 unspecified atom stereocenters. The molecule has 0 radical (unpaired) electrons. The second kappa shape index (κ2) is 16.0. The van der Waals surface area contributed by atoms with E-state index in [-0.39, 0.29) is 55.4 Å². The molecule has 5 aliphatic rings. The van der Waals surface area contributed by atoms with E-state index in [2.05, 4.69) is 33.0 Å². The van der Waals surface area contributed by atoms with Gasteiger partial charge in [0.05, 0.1) is 10.6 Å². The number of amides is 3. The minimum atomic E-state index is -1.42. The highest BCUT2D eigenvalue weighted by atomic mass is 35.5. The number of benzene rings is 3. The minimum Gasteiger partial charge on any atom is -0.371 e. The van der Waals surface area contributed by atoms with Crippen LogP contribution in [0.25, 0.3) is 0 Å². The summed E-state index contributed by atoms with van der Waals surface area (Å²) >= 11 is 6.37. The third kappa shape index (κ3) is 7.67. The Morgan fingerprint density at radius 1 is 0.966 bits per heavy atom. The molecule has 5 heterocycles. The van der Waals surface area contributed by atoms with Gasteiger partial charge >= 0.3 is 0 Å². The van der Waals surface area contributed by atoms with Crippen molar-refractivity contribution < 1.29 is 23.6 Å². The van der Waals surface area contributed by atoms with E-state index in [4.69, 9.17) is 11.6 Å². The number of hydrogen-bond acceptors (Lipinski definition) is 8. The average molecular weight is 808 g/mol. The number of alkyl halides is 1. The van der Waals surface area contributed by atoms with Crippen LogP contribution in [0.15, 0.2) is 54.6 Å². The van der Waals surface area contributed by atoms with Gasteiger partial charge in [0, 0.05) is 114 Å². The number of carbonyl (C=O) groups excluding carboxylic acids is 4. The Kier molecular flexibility index (Phi) is 11.0. The lowest BCUT2D eigenvalue weighted by molar-refractivity contribution is -0.125. The maximum atomic E-state index is 16.4. The Hall–Kier alpha value is -4.99. The van der Waals surface area contributed by atoms with Crippen molar-refractivity contribution in [1.29, 1.82) is 5.26 Å². The summed E-state index contributed by atoms with van der Waals surface area (Å²) in [4.78, 5) is 60.8. The molecule has 2 atom stereocenters. The average Bonchev–Trinajstić information content (AvgIpc) is 3.88. The fourth-order valence-electron chi connectivity index (χ4n) is 10.2. The first-order chi connectivity index (χ1) is 27.9. The number of halogens is 2. The van der Waals surface area contributed by atoms with Crippen LogP contribution in [0.2, 0.25) is 5.02 Å². The van der Waals surface area contributed by atoms with Crippen LogP contribution in [0.3, 0.4) is 0 Å². The predicted molar refractivity (Wildman–Crippen MR) is 220 cm³/mol. The molecule has 0 bridgehead atoms. The fraction of sp³-hybridized carbons (Fsp3) is 0.489. The maximum Gasteiger partial charge on any atom is 0.255 e. The summed E-state index contributed by atoms with van der Waals surface area (Å²) in [5, 5.41) is 12.4. The predicted octanol–water partition coefficient (Wildman–Crippen LogP) is 6.11. The first-order valence-corrected chi connectivity index (χ1v) is 20.9. The van der Waals surface area contributed by atoms with Gasteiger partial charge in [0.1, 0.15) is 24.1 Å². The Balaban J connectivity index is 0.813. The van der Waals surface area contributed by atoms with Crippen molar-refractivity contribution >= 4 is 47.0 Å². The summed E-state index contributed by atoms with van der Waals surface area (Å²) in [6.07, 6.45) is 5.01. The number of nitriles is 1. The normalized spacial score (nSPS) is 21.5. The SMILES string of the molecule is CNC(=O)C(CCC=O)N1Cc2cc3c(cc2C1=O)CN(CC1(F)CCN(C(=O)c2ccc(N4CCC5(CC4)C[C@H](C)N(c4ccc(C#N)c(Cl)c4)C5)cc2)CC1)C3. The largest absolute Gasteiger partial charge is 0.371 e. The zero-order chi connectivity index (χ0) is 40.8. The van der Waals surface area contributed by atoms with Gasteiger partial charge in [-0.3, -0.25) is 19.3 Å². The van der Waals surface area contributed by atoms with Crippen LogP contribution >= 0.6 is 11.6 Å². The number of rotatable bonds is 10. The number of anilines is 2. The number of fused-ring (bicyclic) bond motifs is 2. The van der Waals surface area contributed by atoms with Crippen LogP contribution < -0.4 is 15.1 Å². The van der Waals surface area contributed by atoms with Gasteiger partial charge in [-0.05, 0) is 103 Å². The Morgan fingerprint density at radius 2 is 1.66 bits per heavy atom.